The number of hydrogen-bond donors (Lipinski definition) is 2. The van der Waals surface area contributed by atoms with Crippen molar-refractivity contribution in [1.29, 1.82) is 0 Å². The van der Waals surface area contributed by atoms with E-state index in [0.717, 1.165) is 23.6 Å². The van der Waals surface area contributed by atoms with Gasteiger partial charge in [0.25, 0.3) is 11.8 Å². The summed E-state index contributed by atoms with van der Waals surface area (Å²) >= 11 is 0. The van der Waals surface area contributed by atoms with Crippen LogP contribution in [0.4, 0.5) is 0 Å². The second-order valence-electron chi connectivity index (χ2n) is 16.6. The fraction of sp³-hybridized carbons (Fsp3) is 0.575. The van der Waals surface area contributed by atoms with E-state index in [0.29, 0.717) is 44.2 Å². The highest BCUT2D eigenvalue weighted by Gasteiger charge is 2.63. The Balaban J connectivity index is 1.20. The Morgan fingerprint density at radius 1 is 0.962 bits per heavy atom. The number of nitrogens with one attached hydrogen (secondary N) is 2. The minimum absolute atomic E-state index is 0.130. The Morgan fingerprint density at radius 2 is 1.72 bits per heavy atom. The van der Waals surface area contributed by atoms with Gasteiger partial charge in [-0.25, -0.2) is 8.42 Å². The molecule has 0 radical (unpaired) electrons. The van der Waals surface area contributed by atoms with E-state index in [9.17, 15) is 32.4 Å². The van der Waals surface area contributed by atoms with E-state index < -0.39 is 68.0 Å². The minimum atomic E-state index is -3.89. The number of allylic oxidation sites excluding steroid dienone is 1. The van der Waals surface area contributed by atoms with Gasteiger partial charge in [-0.2, -0.15) is 0 Å². The lowest BCUT2D eigenvalue weighted by Gasteiger charge is -2.33. The molecule has 2 aromatic rings. The van der Waals surface area contributed by atoms with Crippen molar-refractivity contribution in [2.24, 2.45) is 23.7 Å². The number of amides is 4. The zero-order valence-electron chi connectivity index (χ0n) is 30.7. The van der Waals surface area contributed by atoms with Crippen molar-refractivity contribution in [1.82, 2.24) is 19.8 Å². The van der Waals surface area contributed by atoms with E-state index in [4.69, 9.17) is 4.74 Å². The number of likely N-dealkylation sites (tertiary alicyclic amines) is 1. The van der Waals surface area contributed by atoms with Crippen LogP contribution in [0.1, 0.15) is 88.9 Å². The van der Waals surface area contributed by atoms with Gasteiger partial charge in [0, 0.05) is 48.9 Å². The van der Waals surface area contributed by atoms with Gasteiger partial charge in [0.05, 0.1) is 11.7 Å². The lowest BCUT2D eigenvalue weighted by atomic mass is 9.92. The van der Waals surface area contributed by atoms with Gasteiger partial charge in [0.1, 0.15) is 17.2 Å². The summed E-state index contributed by atoms with van der Waals surface area (Å²) in [4.78, 5) is 73.5. The van der Waals surface area contributed by atoms with Gasteiger partial charge < -0.3 is 19.9 Å². The quantitative estimate of drug-likeness (QED) is 0.331. The van der Waals surface area contributed by atoms with E-state index in [-0.39, 0.29) is 43.7 Å². The van der Waals surface area contributed by atoms with Crippen molar-refractivity contribution in [3.8, 4) is 0 Å². The normalized spacial score (nSPS) is 29.9. The van der Waals surface area contributed by atoms with E-state index >= 15 is 0 Å². The van der Waals surface area contributed by atoms with Crippen LogP contribution in [0.25, 0.3) is 10.8 Å². The molecule has 2 aromatic carbocycles. The first-order valence-corrected chi connectivity index (χ1v) is 20.6. The van der Waals surface area contributed by atoms with Gasteiger partial charge >= 0.3 is 5.97 Å². The molecule has 2 saturated heterocycles. The summed E-state index contributed by atoms with van der Waals surface area (Å²) in [6.07, 6.45) is 8.41. The van der Waals surface area contributed by atoms with Gasteiger partial charge in [-0.15, -0.1) is 0 Å². The highest BCUT2D eigenvalue weighted by molar-refractivity contribution is 7.91. The van der Waals surface area contributed by atoms with Crippen LogP contribution in [0.2, 0.25) is 0 Å². The molecule has 12 nitrogen and oxygen atoms in total. The molecule has 0 aromatic heterocycles. The molecule has 2 saturated carbocycles. The Kier molecular flexibility index (Phi) is 9.92. The summed E-state index contributed by atoms with van der Waals surface area (Å²) in [5.74, 6) is -4.13. The van der Waals surface area contributed by atoms with Crippen LogP contribution in [-0.2, 0) is 33.9 Å². The molecule has 4 fully saturated rings. The van der Waals surface area contributed by atoms with Gasteiger partial charge in [-0.1, -0.05) is 61.4 Å². The second-order valence-corrected chi connectivity index (χ2v) is 18.6. The van der Waals surface area contributed by atoms with Crippen LogP contribution in [0.5, 0.6) is 0 Å². The van der Waals surface area contributed by atoms with E-state index in [1.165, 1.54) is 0 Å². The highest BCUT2D eigenvalue weighted by atomic mass is 32.2. The monoisotopic (exact) mass is 746 g/mol. The maximum Gasteiger partial charge on any atom is 0.307 e. The number of benzene rings is 2. The number of ether oxygens (including phenoxy) is 1. The summed E-state index contributed by atoms with van der Waals surface area (Å²) in [5.41, 5.74) is -1.67. The second kappa shape index (κ2) is 14.2. The number of hydrogen-bond acceptors (Lipinski definition) is 8. The van der Waals surface area contributed by atoms with Gasteiger partial charge in [-0.05, 0) is 76.1 Å². The predicted molar refractivity (Wildman–Crippen MR) is 198 cm³/mol. The topological polar surface area (TPSA) is 159 Å². The molecule has 2 aliphatic carbocycles. The zero-order chi connectivity index (χ0) is 37.7. The Hall–Kier alpha value is -4.26. The molecule has 0 bridgehead atoms. The maximum absolute atomic E-state index is 14.7. The highest BCUT2D eigenvalue weighted by Crippen LogP contribution is 2.47. The average molecular weight is 747 g/mol. The van der Waals surface area contributed by atoms with Crippen molar-refractivity contribution in [3.63, 3.8) is 0 Å². The summed E-state index contributed by atoms with van der Waals surface area (Å²) < 4.78 is 33.6. The van der Waals surface area contributed by atoms with Crippen molar-refractivity contribution in [2.75, 3.05) is 19.6 Å². The molecular weight excluding hydrogens is 697 g/mol. The largest absolute Gasteiger partial charge is 0.460 e. The SMILES string of the molecule is CC(C)(C)OC(=O)C[C@@H]1CCCCC/C=C\[C@@H]2C[C@@]2(C(=O)NS(=O)(=O)C2CC2)NC(=O)[C@@H]2[C@H]3CN(C(=O)c4cccc5ccccc45)C[C@H]3CN2C1=O. The van der Waals surface area contributed by atoms with Crippen LogP contribution in [0, 0.1) is 23.7 Å². The first-order valence-electron chi connectivity index (χ1n) is 19.0. The van der Waals surface area contributed by atoms with Crippen LogP contribution in [-0.4, -0.2) is 89.9 Å². The number of nitrogens with zero attached hydrogens (tertiary/aromatic N) is 2. The lowest BCUT2D eigenvalue weighted by Crippen LogP contribution is -2.58. The van der Waals surface area contributed by atoms with Crippen LogP contribution < -0.4 is 10.0 Å². The molecule has 13 heteroatoms. The molecule has 0 spiro atoms. The summed E-state index contributed by atoms with van der Waals surface area (Å²) in [5, 5.41) is 4.10. The molecule has 7 rings (SSSR count). The number of carbonyl (C=O) groups is 5. The fourth-order valence-corrected chi connectivity index (χ4v) is 9.90. The van der Waals surface area contributed by atoms with Crippen molar-refractivity contribution in [2.45, 2.75) is 101 Å². The third-order valence-corrected chi connectivity index (χ3v) is 13.3. The molecule has 3 aliphatic heterocycles. The van der Waals surface area contributed by atoms with E-state index in [2.05, 4.69) is 10.0 Å². The van der Waals surface area contributed by atoms with Crippen LogP contribution in [0.15, 0.2) is 54.6 Å². The van der Waals surface area contributed by atoms with Gasteiger partial charge in [0.15, 0.2) is 0 Å². The number of sulfonamides is 1. The standard InChI is InChI=1S/C40H50N4O8S/c1-39(2,3)52-33(45)20-26-13-7-5-4-6-8-15-28-21-40(28,38(49)42-53(50,51)29-18-19-29)41-35(46)34-32-24-43(22-27(32)23-44(34)36(26)47)37(48)31-17-11-14-25-12-9-10-16-30(25)31/h8-12,14-17,26-29,32,34H,4-7,13,18-24H2,1-3H3,(H,41,46)(H,42,49)/b15-8-/t26-,27-,28+,32-,34-,40+/m0/s1. The average Bonchev–Trinajstić information content (AvgIpc) is 3.99. The maximum atomic E-state index is 14.7. The number of carbonyl (C=O) groups excluding carboxylic acids is 5. The summed E-state index contributed by atoms with van der Waals surface area (Å²) in [6.45, 7) is 6.06. The molecule has 6 atom stereocenters. The number of rotatable bonds is 6. The van der Waals surface area contributed by atoms with Gasteiger partial charge in [-0.3, -0.25) is 28.7 Å². The Bertz CT molecular complexity index is 1950. The van der Waals surface area contributed by atoms with Crippen LogP contribution >= 0.6 is 0 Å². The van der Waals surface area contributed by atoms with Gasteiger partial charge in [0.2, 0.25) is 21.8 Å². The van der Waals surface area contributed by atoms with Crippen molar-refractivity contribution < 1.29 is 37.1 Å². The molecule has 0 unspecified atom stereocenters. The van der Waals surface area contributed by atoms with Crippen molar-refractivity contribution in [3.05, 3.63) is 60.2 Å². The molecule has 3 heterocycles. The smallest absolute Gasteiger partial charge is 0.307 e. The summed E-state index contributed by atoms with van der Waals surface area (Å²) in [7, 11) is -3.89. The predicted octanol–water partition coefficient (Wildman–Crippen LogP) is 4.09. The summed E-state index contributed by atoms with van der Waals surface area (Å²) in [6, 6.07) is 12.2. The third kappa shape index (κ3) is 7.72. The molecule has 4 amide bonds. The molecule has 53 heavy (non-hydrogen) atoms. The number of fused-ring (bicyclic) bond motifs is 5. The molecule has 2 N–H and O–H groups in total. The first kappa shape index (κ1) is 37.1. The zero-order valence-corrected chi connectivity index (χ0v) is 31.5. The molecule has 284 valence electrons. The Labute approximate surface area is 311 Å². The lowest BCUT2D eigenvalue weighted by molar-refractivity contribution is -0.159. The van der Waals surface area contributed by atoms with Crippen LogP contribution in [0.3, 0.4) is 0 Å². The van der Waals surface area contributed by atoms with Crippen molar-refractivity contribution >= 4 is 50.4 Å². The fourth-order valence-electron chi connectivity index (χ4n) is 8.54. The first-order chi connectivity index (χ1) is 25.2. The minimum Gasteiger partial charge on any atom is -0.460 e. The van der Waals surface area contributed by atoms with E-state index in [1.807, 2.05) is 48.6 Å². The molecular formula is C40H50N4O8S. The number of esters is 1. The third-order valence-electron chi connectivity index (χ3n) is 11.5. The Morgan fingerprint density at radius 3 is 2.47 bits per heavy atom. The van der Waals surface area contributed by atoms with E-state index in [1.54, 1.807) is 36.6 Å². The molecule has 5 aliphatic rings.